The molecule has 0 radical (unpaired) electrons. The standard InChI is InChI=1S/C9H16F3NO3/c1-3-15-7(14)8(2,6-13)4-5-16-9(10,11)12/h3-6,13H2,1-2H3. The Morgan fingerprint density at radius 2 is 1.94 bits per heavy atom. The van der Waals surface area contributed by atoms with Crippen molar-refractivity contribution in [2.24, 2.45) is 11.1 Å². The van der Waals surface area contributed by atoms with Gasteiger partial charge in [-0.15, -0.1) is 13.2 Å². The van der Waals surface area contributed by atoms with Crippen molar-refractivity contribution < 1.29 is 27.4 Å². The number of alkyl halides is 3. The van der Waals surface area contributed by atoms with Gasteiger partial charge in [0.1, 0.15) is 0 Å². The Morgan fingerprint density at radius 3 is 2.31 bits per heavy atom. The van der Waals surface area contributed by atoms with Crippen molar-refractivity contribution in [2.45, 2.75) is 26.6 Å². The molecule has 0 aromatic carbocycles. The summed E-state index contributed by atoms with van der Waals surface area (Å²) in [6.45, 7) is 2.52. The van der Waals surface area contributed by atoms with Gasteiger partial charge < -0.3 is 10.5 Å². The lowest BCUT2D eigenvalue weighted by molar-refractivity contribution is -0.326. The number of carbonyl (C=O) groups excluding carboxylic acids is 1. The van der Waals surface area contributed by atoms with Crippen LogP contribution in [0.3, 0.4) is 0 Å². The summed E-state index contributed by atoms with van der Waals surface area (Å²) in [4.78, 5) is 11.4. The third-order valence-electron chi connectivity index (χ3n) is 2.14. The minimum absolute atomic E-state index is 0.0902. The Balaban J connectivity index is 4.22. The molecule has 0 bridgehead atoms. The van der Waals surface area contributed by atoms with Gasteiger partial charge in [-0.2, -0.15) is 0 Å². The summed E-state index contributed by atoms with van der Waals surface area (Å²) < 4.78 is 43.5. The highest BCUT2D eigenvalue weighted by Gasteiger charge is 2.36. The van der Waals surface area contributed by atoms with Crippen LogP contribution in [0.1, 0.15) is 20.3 Å². The third kappa shape index (κ3) is 5.32. The lowest BCUT2D eigenvalue weighted by Gasteiger charge is -2.25. The predicted molar refractivity (Wildman–Crippen MR) is 50.4 cm³/mol. The molecular weight excluding hydrogens is 227 g/mol. The second kappa shape index (κ2) is 6.05. The third-order valence-corrected chi connectivity index (χ3v) is 2.14. The van der Waals surface area contributed by atoms with Crippen molar-refractivity contribution in [2.75, 3.05) is 19.8 Å². The molecule has 1 unspecified atom stereocenters. The van der Waals surface area contributed by atoms with Gasteiger partial charge in [0.05, 0.1) is 18.6 Å². The Morgan fingerprint density at radius 1 is 1.38 bits per heavy atom. The maximum absolute atomic E-state index is 11.7. The fourth-order valence-corrected chi connectivity index (χ4v) is 0.985. The molecule has 0 saturated heterocycles. The summed E-state index contributed by atoms with van der Waals surface area (Å²) >= 11 is 0. The van der Waals surface area contributed by atoms with E-state index in [1.54, 1.807) is 6.92 Å². The molecule has 96 valence electrons. The van der Waals surface area contributed by atoms with Crippen LogP contribution >= 0.6 is 0 Å². The Kier molecular flexibility index (Phi) is 5.74. The number of hydrogen-bond acceptors (Lipinski definition) is 4. The summed E-state index contributed by atoms with van der Waals surface area (Å²) in [6, 6.07) is 0. The molecule has 4 nitrogen and oxygen atoms in total. The first-order valence-corrected chi connectivity index (χ1v) is 4.83. The average Bonchev–Trinajstić information content (AvgIpc) is 2.15. The number of nitrogens with two attached hydrogens (primary N) is 1. The lowest BCUT2D eigenvalue weighted by atomic mass is 9.87. The van der Waals surface area contributed by atoms with Gasteiger partial charge in [-0.05, 0) is 20.3 Å². The van der Waals surface area contributed by atoms with E-state index in [-0.39, 0.29) is 19.6 Å². The van der Waals surface area contributed by atoms with E-state index in [2.05, 4.69) is 4.74 Å². The largest absolute Gasteiger partial charge is 0.522 e. The second-order valence-corrected chi connectivity index (χ2v) is 3.53. The molecule has 2 N–H and O–H groups in total. The molecule has 7 heteroatoms. The van der Waals surface area contributed by atoms with Gasteiger partial charge in [0.25, 0.3) is 0 Å². The van der Waals surface area contributed by atoms with Gasteiger partial charge in [-0.1, -0.05) is 0 Å². The molecule has 0 spiro atoms. The van der Waals surface area contributed by atoms with Gasteiger partial charge in [-0.3, -0.25) is 9.53 Å². The van der Waals surface area contributed by atoms with Crippen LogP contribution in [0.4, 0.5) is 13.2 Å². The van der Waals surface area contributed by atoms with Gasteiger partial charge >= 0.3 is 12.3 Å². The highest BCUT2D eigenvalue weighted by atomic mass is 19.4. The molecule has 0 aromatic rings. The van der Waals surface area contributed by atoms with Crippen molar-refractivity contribution >= 4 is 5.97 Å². The van der Waals surface area contributed by atoms with E-state index in [1.165, 1.54) is 6.92 Å². The van der Waals surface area contributed by atoms with Crippen LogP contribution in [0.5, 0.6) is 0 Å². The quantitative estimate of drug-likeness (QED) is 0.717. The molecule has 16 heavy (non-hydrogen) atoms. The number of hydrogen-bond donors (Lipinski definition) is 1. The summed E-state index contributed by atoms with van der Waals surface area (Å²) in [5, 5.41) is 0. The van der Waals surface area contributed by atoms with E-state index >= 15 is 0 Å². The maximum Gasteiger partial charge on any atom is 0.522 e. The second-order valence-electron chi connectivity index (χ2n) is 3.53. The molecule has 0 aliphatic heterocycles. The molecule has 0 aliphatic rings. The first-order chi connectivity index (χ1) is 7.25. The van der Waals surface area contributed by atoms with E-state index in [4.69, 9.17) is 10.5 Å². The molecule has 0 saturated carbocycles. The molecule has 0 amide bonds. The zero-order chi connectivity index (χ0) is 12.8. The SMILES string of the molecule is CCOC(=O)C(C)(CN)CCOC(F)(F)F. The Hall–Kier alpha value is -0.820. The normalized spacial score (nSPS) is 15.6. The van der Waals surface area contributed by atoms with Crippen LogP contribution in [0, 0.1) is 5.41 Å². The van der Waals surface area contributed by atoms with Crippen molar-refractivity contribution in [1.29, 1.82) is 0 Å². The lowest BCUT2D eigenvalue weighted by Crippen LogP contribution is -2.38. The van der Waals surface area contributed by atoms with E-state index in [1.807, 2.05) is 0 Å². The molecule has 0 fully saturated rings. The minimum Gasteiger partial charge on any atom is -0.466 e. The van der Waals surface area contributed by atoms with Crippen molar-refractivity contribution in [3.8, 4) is 0 Å². The number of halogens is 3. The van der Waals surface area contributed by atoms with Gasteiger partial charge in [0.15, 0.2) is 0 Å². The maximum atomic E-state index is 11.7. The summed E-state index contributed by atoms with van der Waals surface area (Å²) in [6.07, 6.45) is -4.83. The molecule has 0 rings (SSSR count). The summed E-state index contributed by atoms with van der Waals surface area (Å²) in [5.74, 6) is -0.608. The van der Waals surface area contributed by atoms with Crippen molar-refractivity contribution in [3.05, 3.63) is 0 Å². The predicted octanol–water partition coefficient (Wildman–Crippen LogP) is 1.44. The zero-order valence-corrected chi connectivity index (χ0v) is 9.26. The van der Waals surface area contributed by atoms with Crippen molar-refractivity contribution in [3.63, 3.8) is 0 Å². The van der Waals surface area contributed by atoms with E-state index in [9.17, 15) is 18.0 Å². The highest BCUT2D eigenvalue weighted by molar-refractivity contribution is 5.76. The summed E-state index contributed by atoms with van der Waals surface area (Å²) in [7, 11) is 0. The van der Waals surface area contributed by atoms with Crippen molar-refractivity contribution in [1.82, 2.24) is 0 Å². The molecule has 0 aromatic heterocycles. The molecular formula is C9H16F3NO3. The van der Waals surface area contributed by atoms with Crippen LogP contribution in [-0.2, 0) is 14.3 Å². The number of carbonyl (C=O) groups is 1. The Labute approximate surface area is 91.9 Å². The van der Waals surface area contributed by atoms with Crippen LogP contribution < -0.4 is 5.73 Å². The van der Waals surface area contributed by atoms with E-state index < -0.39 is 24.4 Å². The smallest absolute Gasteiger partial charge is 0.466 e. The number of esters is 1. The van der Waals surface area contributed by atoms with Crippen LogP contribution in [0.25, 0.3) is 0 Å². The topological polar surface area (TPSA) is 61.5 Å². The first kappa shape index (κ1) is 15.2. The van der Waals surface area contributed by atoms with Crippen LogP contribution in [0.2, 0.25) is 0 Å². The summed E-state index contributed by atoms with van der Waals surface area (Å²) in [5.41, 5.74) is 4.21. The van der Waals surface area contributed by atoms with E-state index in [0.29, 0.717) is 0 Å². The number of ether oxygens (including phenoxy) is 2. The highest BCUT2D eigenvalue weighted by Crippen LogP contribution is 2.24. The number of rotatable bonds is 6. The molecule has 0 heterocycles. The van der Waals surface area contributed by atoms with Gasteiger partial charge in [0.2, 0.25) is 0 Å². The first-order valence-electron chi connectivity index (χ1n) is 4.83. The average molecular weight is 243 g/mol. The van der Waals surface area contributed by atoms with Crippen LogP contribution in [-0.4, -0.2) is 32.1 Å². The molecule has 0 aliphatic carbocycles. The fourth-order valence-electron chi connectivity index (χ4n) is 0.985. The van der Waals surface area contributed by atoms with Gasteiger partial charge in [-0.25, -0.2) is 0 Å². The minimum atomic E-state index is -4.69. The van der Waals surface area contributed by atoms with Crippen LogP contribution in [0.15, 0.2) is 0 Å². The zero-order valence-electron chi connectivity index (χ0n) is 9.26. The van der Waals surface area contributed by atoms with E-state index in [0.717, 1.165) is 0 Å². The van der Waals surface area contributed by atoms with Gasteiger partial charge in [0, 0.05) is 6.54 Å². The molecule has 1 atom stereocenters. The Bertz CT molecular complexity index is 233. The monoisotopic (exact) mass is 243 g/mol. The fraction of sp³-hybridized carbons (Fsp3) is 0.889.